The van der Waals surface area contributed by atoms with Gasteiger partial charge in [-0.3, -0.25) is 4.79 Å². The summed E-state index contributed by atoms with van der Waals surface area (Å²) in [5.74, 6) is -0.217. The summed E-state index contributed by atoms with van der Waals surface area (Å²) in [5, 5.41) is 86.1. The van der Waals surface area contributed by atoms with Crippen molar-refractivity contribution in [1.29, 1.82) is 0 Å². The molecular formula is C58H105NO13. The largest absolute Gasteiger partial charge is 0.394 e. The molecule has 0 radical (unpaired) electrons. The first-order valence-corrected chi connectivity index (χ1v) is 28.9. The van der Waals surface area contributed by atoms with Crippen molar-refractivity contribution in [2.24, 2.45) is 0 Å². The summed E-state index contributed by atoms with van der Waals surface area (Å²) in [6, 6.07) is -0.822. The van der Waals surface area contributed by atoms with Gasteiger partial charge in [-0.25, -0.2) is 0 Å². The molecule has 0 bridgehead atoms. The van der Waals surface area contributed by atoms with E-state index in [-0.39, 0.29) is 12.5 Å². The third-order valence-corrected chi connectivity index (χ3v) is 14.1. The molecule has 2 rings (SSSR count). The summed E-state index contributed by atoms with van der Waals surface area (Å²) in [6.07, 6.45) is 38.4. The van der Waals surface area contributed by atoms with Gasteiger partial charge < -0.3 is 65.1 Å². The second-order valence-electron chi connectivity index (χ2n) is 20.4. The Morgan fingerprint density at radius 2 is 0.958 bits per heavy atom. The average molecular weight is 1020 g/mol. The van der Waals surface area contributed by atoms with Gasteiger partial charge in [0.05, 0.1) is 32.0 Å². The lowest BCUT2D eigenvalue weighted by molar-refractivity contribution is -0.359. The Morgan fingerprint density at radius 3 is 1.44 bits per heavy atom. The molecule has 14 heteroatoms. The van der Waals surface area contributed by atoms with Crippen LogP contribution in [0.15, 0.2) is 48.6 Å². The van der Waals surface area contributed by atoms with E-state index in [1.54, 1.807) is 0 Å². The number of ether oxygens (including phenoxy) is 4. The van der Waals surface area contributed by atoms with Crippen LogP contribution in [0.25, 0.3) is 0 Å². The van der Waals surface area contributed by atoms with Gasteiger partial charge in [-0.2, -0.15) is 0 Å². The summed E-state index contributed by atoms with van der Waals surface area (Å²) >= 11 is 0. The molecule has 12 unspecified atom stereocenters. The monoisotopic (exact) mass is 1020 g/mol. The number of carbonyl (C=O) groups excluding carboxylic acids is 1. The smallest absolute Gasteiger partial charge is 0.220 e. The molecule has 2 heterocycles. The van der Waals surface area contributed by atoms with Gasteiger partial charge in [0.25, 0.3) is 0 Å². The molecule has 2 saturated heterocycles. The van der Waals surface area contributed by atoms with Gasteiger partial charge in [0.2, 0.25) is 5.91 Å². The molecule has 0 aromatic heterocycles. The molecule has 72 heavy (non-hydrogen) atoms. The Hall–Kier alpha value is -2.05. The first-order valence-electron chi connectivity index (χ1n) is 28.9. The third-order valence-electron chi connectivity index (χ3n) is 14.1. The van der Waals surface area contributed by atoms with E-state index in [1.807, 2.05) is 0 Å². The molecule has 420 valence electrons. The van der Waals surface area contributed by atoms with Crippen LogP contribution in [0.3, 0.4) is 0 Å². The Kier molecular flexibility index (Phi) is 40.5. The summed E-state index contributed by atoms with van der Waals surface area (Å²) in [7, 11) is 0. The molecule has 0 aliphatic carbocycles. The molecular weight excluding hydrogens is 919 g/mol. The van der Waals surface area contributed by atoms with E-state index < -0.39 is 86.8 Å². The quantitative estimate of drug-likeness (QED) is 0.0205. The number of carbonyl (C=O) groups is 1. The molecule has 14 nitrogen and oxygen atoms in total. The van der Waals surface area contributed by atoms with Crippen molar-refractivity contribution in [3.05, 3.63) is 48.6 Å². The lowest BCUT2D eigenvalue weighted by atomic mass is 9.97. The number of amides is 1. The van der Waals surface area contributed by atoms with E-state index in [0.29, 0.717) is 12.8 Å². The maximum absolute atomic E-state index is 13.0. The highest BCUT2D eigenvalue weighted by Gasteiger charge is 2.51. The molecule has 9 N–H and O–H groups in total. The number of hydrogen-bond acceptors (Lipinski definition) is 13. The lowest BCUT2D eigenvalue weighted by Crippen LogP contribution is -2.65. The van der Waals surface area contributed by atoms with Gasteiger partial charge in [-0.15, -0.1) is 0 Å². The Balaban J connectivity index is 1.47. The van der Waals surface area contributed by atoms with Crippen LogP contribution in [0.5, 0.6) is 0 Å². The van der Waals surface area contributed by atoms with Crippen molar-refractivity contribution in [2.75, 3.05) is 19.8 Å². The molecule has 0 spiro atoms. The fourth-order valence-corrected chi connectivity index (χ4v) is 9.40. The van der Waals surface area contributed by atoms with Crippen LogP contribution in [-0.2, 0) is 23.7 Å². The predicted octanol–water partition coefficient (Wildman–Crippen LogP) is 9.22. The molecule has 12 atom stereocenters. The van der Waals surface area contributed by atoms with Crippen molar-refractivity contribution < 1.29 is 64.6 Å². The first kappa shape index (κ1) is 66.1. The minimum absolute atomic E-state index is 0.217. The standard InChI is InChI=1S/C58H105NO13/c1-3-5-7-8-9-10-11-12-13-14-15-16-17-18-19-20-21-22-23-24-25-26-27-28-29-30-31-32-33-34-35-36-37-38-40-42-50(63)59-46(47(62)41-39-6-4-2)45-69-57-55(68)53(66)56(49(44-61)71-57)72-58-54(67)52(65)51(64)48(43-60)70-58/h5,7,9-10,12-13,15-16,46-49,51-58,60-62,64-68H,3-4,6,8,11,14,17-45H2,1-2H3,(H,59,63)/b7-5-,10-9-,13-12-,16-15-. The van der Waals surface area contributed by atoms with Crippen molar-refractivity contribution in [3.63, 3.8) is 0 Å². The number of aliphatic hydroxyl groups is 8. The highest BCUT2D eigenvalue weighted by atomic mass is 16.7. The summed E-state index contributed by atoms with van der Waals surface area (Å²) < 4.78 is 22.6. The second kappa shape index (κ2) is 44.1. The van der Waals surface area contributed by atoms with E-state index in [4.69, 9.17) is 18.9 Å². The van der Waals surface area contributed by atoms with E-state index in [9.17, 15) is 45.6 Å². The first-order chi connectivity index (χ1) is 35.1. The third kappa shape index (κ3) is 29.9. The molecule has 1 amide bonds. The Labute approximate surface area is 435 Å². The Morgan fingerprint density at radius 1 is 0.514 bits per heavy atom. The fourth-order valence-electron chi connectivity index (χ4n) is 9.40. The number of unbranched alkanes of at least 4 members (excludes halogenated alkanes) is 24. The SMILES string of the molecule is CC/C=C\C/C=C\C/C=C\C/C=C\CCCCCCCCCCCCCCCCCCCCCCCCC(=O)NC(COC1OC(CO)C(OC2OC(CO)C(O)C(O)C2O)C(O)C1O)C(O)CCCCC. The molecule has 0 aromatic rings. The zero-order chi connectivity index (χ0) is 52.4. The van der Waals surface area contributed by atoms with Crippen LogP contribution in [0.1, 0.15) is 219 Å². The van der Waals surface area contributed by atoms with Gasteiger partial charge in [0.1, 0.15) is 48.8 Å². The Bertz CT molecular complexity index is 1390. The maximum atomic E-state index is 13.0. The second-order valence-corrected chi connectivity index (χ2v) is 20.4. The van der Waals surface area contributed by atoms with Crippen molar-refractivity contribution in [1.82, 2.24) is 5.32 Å². The van der Waals surface area contributed by atoms with E-state index in [2.05, 4.69) is 67.8 Å². The lowest BCUT2D eigenvalue weighted by Gasteiger charge is -2.46. The van der Waals surface area contributed by atoms with E-state index >= 15 is 0 Å². The summed E-state index contributed by atoms with van der Waals surface area (Å²) in [6.45, 7) is 2.56. The van der Waals surface area contributed by atoms with Crippen LogP contribution in [0.2, 0.25) is 0 Å². The number of allylic oxidation sites excluding steroid dienone is 8. The van der Waals surface area contributed by atoms with Gasteiger partial charge in [-0.1, -0.05) is 210 Å². The number of nitrogens with one attached hydrogen (secondary N) is 1. The van der Waals surface area contributed by atoms with Gasteiger partial charge >= 0.3 is 0 Å². The highest BCUT2D eigenvalue weighted by Crippen LogP contribution is 2.30. The summed E-state index contributed by atoms with van der Waals surface area (Å²) in [5.41, 5.74) is 0. The van der Waals surface area contributed by atoms with Crippen LogP contribution in [0.4, 0.5) is 0 Å². The van der Waals surface area contributed by atoms with Crippen molar-refractivity contribution in [3.8, 4) is 0 Å². The van der Waals surface area contributed by atoms with Gasteiger partial charge in [0, 0.05) is 6.42 Å². The number of rotatable bonds is 45. The van der Waals surface area contributed by atoms with Gasteiger partial charge in [-0.05, 0) is 51.4 Å². The number of hydrogen-bond donors (Lipinski definition) is 9. The normalized spacial score (nSPS) is 25.9. The fraction of sp³-hybridized carbons (Fsp3) is 0.845. The zero-order valence-electron chi connectivity index (χ0n) is 44.9. The highest BCUT2D eigenvalue weighted by molar-refractivity contribution is 5.76. The van der Waals surface area contributed by atoms with Crippen LogP contribution in [-0.4, -0.2) is 140 Å². The van der Waals surface area contributed by atoms with Gasteiger partial charge in [0.15, 0.2) is 12.6 Å². The van der Waals surface area contributed by atoms with Crippen LogP contribution in [0, 0.1) is 0 Å². The number of aliphatic hydroxyl groups excluding tert-OH is 8. The van der Waals surface area contributed by atoms with Crippen LogP contribution >= 0.6 is 0 Å². The average Bonchev–Trinajstić information content (AvgIpc) is 3.38. The minimum atomic E-state index is -1.78. The maximum Gasteiger partial charge on any atom is 0.220 e. The molecule has 0 aromatic carbocycles. The zero-order valence-corrected chi connectivity index (χ0v) is 44.9. The predicted molar refractivity (Wildman–Crippen MR) is 286 cm³/mol. The minimum Gasteiger partial charge on any atom is -0.394 e. The van der Waals surface area contributed by atoms with E-state index in [0.717, 1.165) is 70.6 Å². The topological polar surface area (TPSA) is 228 Å². The molecule has 0 saturated carbocycles. The van der Waals surface area contributed by atoms with Crippen molar-refractivity contribution in [2.45, 2.75) is 293 Å². The van der Waals surface area contributed by atoms with E-state index in [1.165, 1.54) is 122 Å². The molecule has 2 aliphatic rings. The molecule has 2 fully saturated rings. The molecule has 2 aliphatic heterocycles. The van der Waals surface area contributed by atoms with Crippen LogP contribution < -0.4 is 5.32 Å². The summed E-state index contributed by atoms with van der Waals surface area (Å²) in [4.78, 5) is 13.0. The van der Waals surface area contributed by atoms with Crippen molar-refractivity contribution >= 4 is 5.91 Å².